The average Bonchev–Trinajstić information content (AvgIpc) is 3.15. The van der Waals surface area contributed by atoms with E-state index in [0.717, 1.165) is 29.0 Å². The molecule has 0 bridgehead atoms. The normalized spacial score (nSPS) is 15.2. The van der Waals surface area contributed by atoms with Gasteiger partial charge < -0.3 is 14.4 Å². The van der Waals surface area contributed by atoms with E-state index in [4.69, 9.17) is 9.47 Å². The van der Waals surface area contributed by atoms with Crippen molar-refractivity contribution in [2.45, 2.75) is 58.7 Å². The lowest BCUT2D eigenvalue weighted by atomic mass is 9.93. The van der Waals surface area contributed by atoms with Crippen molar-refractivity contribution in [1.29, 1.82) is 0 Å². The van der Waals surface area contributed by atoms with Gasteiger partial charge in [0.15, 0.2) is 5.78 Å². The first kappa shape index (κ1) is 21.3. The molecule has 6 nitrogen and oxygen atoms in total. The summed E-state index contributed by atoms with van der Waals surface area (Å²) in [6.45, 7) is 8.91. The van der Waals surface area contributed by atoms with E-state index in [9.17, 15) is 9.59 Å². The fourth-order valence-corrected chi connectivity index (χ4v) is 4.02. The Bertz CT molecular complexity index is 864. The Labute approximate surface area is 175 Å². The highest BCUT2D eigenvalue weighted by atomic mass is 32.1. The molecule has 7 heteroatoms. The Morgan fingerprint density at radius 2 is 1.97 bits per heavy atom. The number of ketones is 1. The maximum atomic E-state index is 12.2. The molecule has 1 amide bonds. The van der Waals surface area contributed by atoms with Gasteiger partial charge in [0.1, 0.15) is 12.2 Å². The fraction of sp³-hybridized carbons (Fsp3) is 0.500. The van der Waals surface area contributed by atoms with Crippen LogP contribution in [0.15, 0.2) is 29.6 Å². The fourth-order valence-electron chi connectivity index (χ4n) is 3.22. The highest BCUT2D eigenvalue weighted by Gasteiger charge is 2.28. The minimum absolute atomic E-state index is 0.0686. The summed E-state index contributed by atoms with van der Waals surface area (Å²) < 4.78 is 11.3. The van der Waals surface area contributed by atoms with Crippen molar-refractivity contribution in [1.82, 2.24) is 9.88 Å². The molecule has 3 rings (SSSR count). The SMILES string of the molecule is CC(=O)c1cc(COc2cccc(C3CCN(C(=O)OC(C)(C)C)CC3)n2)cs1. The second kappa shape index (κ2) is 8.95. The van der Waals surface area contributed by atoms with E-state index in [0.29, 0.717) is 31.5 Å². The molecule has 0 saturated carbocycles. The largest absolute Gasteiger partial charge is 0.473 e. The van der Waals surface area contributed by atoms with E-state index in [1.165, 1.54) is 11.3 Å². The van der Waals surface area contributed by atoms with Gasteiger partial charge in [-0.25, -0.2) is 9.78 Å². The number of piperidine rings is 1. The van der Waals surface area contributed by atoms with Gasteiger partial charge in [0.2, 0.25) is 5.88 Å². The minimum Gasteiger partial charge on any atom is -0.473 e. The minimum atomic E-state index is -0.477. The highest BCUT2D eigenvalue weighted by Crippen LogP contribution is 2.29. The van der Waals surface area contributed by atoms with Gasteiger partial charge in [-0.2, -0.15) is 0 Å². The summed E-state index contributed by atoms with van der Waals surface area (Å²) in [6.07, 6.45) is 1.45. The predicted octanol–water partition coefficient (Wildman–Crippen LogP) is 5.04. The Morgan fingerprint density at radius 3 is 2.59 bits per heavy atom. The number of carbonyl (C=O) groups is 2. The molecule has 0 N–H and O–H groups in total. The van der Waals surface area contributed by atoms with E-state index in [-0.39, 0.29) is 11.9 Å². The second-order valence-electron chi connectivity index (χ2n) is 8.31. The standard InChI is InChI=1S/C22H28N2O4S/c1-15(25)19-12-16(14-29-19)13-27-20-7-5-6-18(23-20)17-8-10-24(11-9-17)21(26)28-22(2,3)4/h5-7,12,14,17H,8-11,13H2,1-4H3. The van der Waals surface area contributed by atoms with E-state index >= 15 is 0 Å². The lowest BCUT2D eigenvalue weighted by molar-refractivity contribution is 0.0203. The van der Waals surface area contributed by atoms with E-state index < -0.39 is 5.60 Å². The lowest BCUT2D eigenvalue weighted by Gasteiger charge is -2.33. The molecule has 1 aliphatic rings. The van der Waals surface area contributed by atoms with E-state index in [2.05, 4.69) is 4.98 Å². The Morgan fingerprint density at radius 1 is 1.24 bits per heavy atom. The average molecular weight is 417 g/mol. The molecule has 29 heavy (non-hydrogen) atoms. The zero-order valence-electron chi connectivity index (χ0n) is 17.4. The number of nitrogens with zero attached hydrogens (tertiary/aromatic N) is 2. The first-order valence-corrected chi connectivity index (χ1v) is 10.8. The third-order valence-electron chi connectivity index (χ3n) is 4.70. The van der Waals surface area contributed by atoms with Gasteiger partial charge in [0.25, 0.3) is 0 Å². The summed E-state index contributed by atoms with van der Waals surface area (Å²) in [7, 11) is 0. The molecule has 0 aliphatic carbocycles. The highest BCUT2D eigenvalue weighted by molar-refractivity contribution is 7.12. The number of thiophene rings is 1. The molecule has 3 heterocycles. The van der Waals surface area contributed by atoms with Gasteiger partial charge in [-0.3, -0.25) is 4.79 Å². The van der Waals surface area contributed by atoms with Crippen LogP contribution >= 0.6 is 11.3 Å². The molecule has 1 fully saturated rings. The number of amides is 1. The zero-order valence-corrected chi connectivity index (χ0v) is 18.3. The van der Waals surface area contributed by atoms with Crippen LogP contribution in [0.25, 0.3) is 0 Å². The third-order valence-corrected chi connectivity index (χ3v) is 5.78. The van der Waals surface area contributed by atoms with Crippen LogP contribution < -0.4 is 4.74 Å². The molecule has 1 aliphatic heterocycles. The molecular weight excluding hydrogens is 388 g/mol. The molecule has 2 aromatic heterocycles. The number of hydrogen-bond donors (Lipinski definition) is 0. The maximum Gasteiger partial charge on any atom is 0.410 e. The van der Waals surface area contributed by atoms with Crippen LogP contribution in [0.1, 0.15) is 67.4 Å². The second-order valence-corrected chi connectivity index (χ2v) is 9.22. The number of carbonyl (C=O) groups excluding carboxylic acids is 2. The number of ether oxygens (including phenoxy) is 2. The Hall–Kier alpha value is -2.41. The Balaban J connectivity index is 1.54. The number of pyridine rings is 1. The van der Waals surface area contributed by atoms with Crippen molar-refractivity contribution < 1.29 is 19.1 Å². The van der Waals surface area contributed by atoms with Gasteiger partial charge in [-0.15, -0.1) is 11.3 Å². The summed E-state index contributed by atoms with van der Waals surface area (Å²) >= 11 is 1.43. The van der Waals surface area contributed by atoms with Gasteiger partial charge >= 0.3 is 6.09 Å². The number of aromatic nitrogens is 1. The summed E-state index contributed by atoms with van der Waals surface area (Å²) in [4.78, 5) is 30.8. The first-order valence-electron chi connectivity index (χ1n) is 9.87. The summed E-state index contributed by atoms with van der Waals surface area (Å²) in [6, 6.07) is 7.67. The van der Waals surface area contributed by atoms with Crippen molar-refractivity contribution >= 4 is 23.2 Å². The van der Waals surface area contributed by atoms with Crippen molar-refractivity contribution in [3.8, 4) is 5.88 Å². The van der Waals surface area contributed by atoms with Crippen molar-refractivity contribution in [2.75, 3.05) is 13.1 Å². The van der Waals surface area contributed by atoms with Crippen molar-refractivity contribution in [3.63, 3.8) is 0 Å². The number of Topliss-reactive ketones (excluding diaryl/α,β-unsaturated/α-hetero) is 1. The van der Waals surface area contributed by atoms with Gasteiger partial charge in [-0.1, -0.05) is 6.07 Å². The van der Waals surface area contributed by atoms with Crippen LogP contribution in [0.4, 0.5) is 4.79 Å². The summed E-state index contributed by atoms with van der Waals surface area (Å²) in [5, 5.41) is 1.94. The van der Waals surface area contributed by atoms with Crippen LogP contribution in [0.5, 0.6) is 5.88 Å². The molecule has 0 aromatic carbocycles. The quantitative estimate of drug-likeness (QED) is 0.639. The monoisotopic (exact) mass is 416 g/mol. The molecule has 0 radical (unpaired) electrons. The smallest absolute Gasteiger partial charge is 0.410 e. The molecule has 1 saturated heterocycles. The Kier molecular flexibility index (Phi) is 6.57. The van der Waals surface area contributed by atoms with Crippen molar-refractivity contribution in [3.05, 3.63) is 45.8 Å². The molecular formula is C22H28N2O4S. The molecule has 0 unspecified atom stereocenters. The van der Waals surface area contributed by atoms with Crippen LogP contribution in [0.2, 0.25) is 0 Å². The molecule has 0 atom stereocenters. The number of rotatable bonds is 5. The van der Waals surface area contributed by atoms with Gasteiger partial charge in [0.05, 0.1) is 4.88 Å². The molecule has 156 valence electrons. The summed E-state index contributed by atoms with van der Waals surface area (Å²) in [5.41, 5.74) is 1.48. The predicted molar refractivity (Wildman–Crippen MR) is 113 cm³/mol. The molecule has 2 aromatic rings. The number of hydrogen-bond acceptors (Lipinski definition) is 6. The zero-order chi connectivity index (χ0) is 21.0. The molecule has 0 spiro atoms. The van der Waals surface area contributed by atoms with Crippen molar-refractivity contribution in [2.24, 2.45) is 0 Å². The van der Waals surface area contributed by atoms with E-state index in [1.54, 1.807) is 11.8 Å². The first-order chi connectivity index (χ1) is 13.7. The maximum absolute atomic E-state index is 12.2. The van der Waals surface area contributed by atoms with Crippen LogP contribution in [0.3, 0.4) is 0 Å². The summed E-state index contributed by atoms with van der Waals surface area (Å²) in [5.74, 6) is 0.939. The topological polar surface area (TPSA) is 68.7 Å². The van der Waals surface area contributed by atoms with Gasteiger partial charge in [0, 0.05) is 36.3 Å². The van der Waals surface area contributed by atoms with Crippen LogP contribution in [0, 0.1) is 0 Å². The van der Waals surface area contributed by atoms with E-state index in [1.807, 2.05) is 50.4 Å². The number of likely N-dealkylation sites (tertiary alicyclic amines) is 1. The lowest BCUT2D eigenvalue weighted by Crippen LogP contribution is -2.41. The van der Waals surface area contributed by atoms with Gasteiger partial charge in [-0.05, 0) is 58.0 Å². The third kappa shape index (κ3) is 6.03. The van der Waals surface area contributed by atoms with Crippen LogP contribution in [-0.2, 0) is 11.3 Å². The van der Waals surface area contributed by atoms with Crippen LogP contribution in [-0.4, -0.2) is 40.5 Å².